The summed E-state index contributed by atoms with van der Waals surface area (Å²) in [5.74, 6) is 1.09. The summed E-state index contributed by atoms with van der Waals surface area (Å²) in [5, 5.41) is 1.20. The summed E-state index contributed by atoms with van der Waals surface area (Å²) in [4.78, 5) is 2.42. The van der Waals surface area contributed by atoms with Crippen molar-refractivity contribution in [3.63, 3.8) is 0 Å². The van der Waals surface area contributed by atoms with E-state index in [1.807, 2.05) is 6.07 Å². The van der Waals surface area contributed by atoms with Crippen LogP contribution in [0.4, 0.5) is 17.1 Å². The van der Waals surface area contributed by atoms with E-state index in [1.54, 1.807) is 0 Å². The minimum Gasteiger partial charge on any atom is -0.460 e. The molecule has 3 aliphatic rings. The van der Waals surface area contributed by atoms with Crippen molar-refractivity contribution in [1.29, 1.82) is 0 Å². The number of benzene rings is 7. The van der Waals surface area contributed by atoms with Gasteiger partial charge in [-0.1, -0.05) is 137 Å². The second-order valence-electron chi connectivity index (χ2n) is 16.9. The van der Waals surface area contributed by atoms with Gasteiger partial charge in [0.15, 0.2) is 0 Å². The number of hydrogen-bond acceptors (Lipinski definition) is 2. The fourth-order valence-corrected chi connectivity index (χ4v) is 9.97. The van der Waals surface area contributed by atoms with Crippen LogP contribution in [0.2, 0.25) is 0 Å². The van der Waals surface area contributed by atoms with Gasteiger partial charge in [0.25, 0.3) is 0 Å². The van der Waals surface area contributed by atoms with Gasteiger partial charge in [-0.3, -0.25) is 0 Å². The summed E-state index contributed by atoms with van der Waals surface area (Å²) in [7, 11) is 0. The molecule has 0 saturated heterocycles. The van der Waals surface area contributed by atoms with E-state index in [-0.39, 0.29) is 10.8 Å². The quantitative estimate of drug-likeness (QED) is 0.176. The van der Waals surface area contributed by atoms with Gasteiger partial charge in [0.1, 0.15) is 11.3 Å². The number of fused-ring (bicyclic) bond motifs is 9. The van der Waals surface area contributed by atoms with Crippen LogP contribution in [0, 0.1) is 0 Å². The van der Waals surface area contributed by atoms with Crippen molar-refractivity contribution in [1.82, 2.24) is 0 Å². The van der Waals surface area contributed by atoms with Crippen LogP contribution in [0.15, 0.2) is 162 Å². The topological polar surface area (TPSA) is 16.4 Å². The molecule has 0 spiro atoms. The fourth-order valence-electron chi connectivity index (χ4n) is 9.97. The Kier molecular flexibility index (Phi) is 7.11. The first-order valence-electron chi connectivity index (χ1n) is 20.0. The molecular weight excluding hydrogens is 679 g/mol. The number of hydrogen-bond donors (Lipinski definition) is 0. The Morgan fingerprint density at radius 3 is 1.64 bits per heavy atom. The molecule has 2 nitrogen and oxygen atoms in total. The van der Waals surface area contributed by atoms with Gasteiger partial charge in [0.2, 0.25) is 0 Å². The Morgan fingerprint density at radius 2 is 0.964 bits per heavy atom. The largest absolute Gasteiger partial charge is 0.460 e. The Labute approximate surface area is 329 Å². The van der Waals surface area contributed by atoms with Gasteiger partial charge < -0.3 is 9.32 Å². The number of allylic oxidation sites excluding steroid dienone is 1. The first-order valence-corrected chi connectivity index (χ1v) is 20.0. The SMILES string of the molecule is CC1(C)c2ccccc2-c2ccc(-c3ccc(N(c4ccc(C5=Cc6c(oc7ccccc67)CC5)cc4)c4ccc5c(c4)C(C)(C)c4ccccc4-5)cc3)cc21. The summed E-state index contributed by atoms with van der Waals surface area (Å²) >= 11 is 0. The van der Waals surface area contributed by atoms with Crippen molar-refractivity contribution in [2.45, 2.75) is 51.4 Å². The van der Waals surface area contributed by atoms with Crippen LogP contribution < -0.4 is 4.90 Å². The van der Waals surface area contributed by atoms with Crippen LogP contribution in [0.1, 0.15) is 73.3 Å². The molecule has 8 aromatic rings. The molecule has 0 radical (unpaired) electrons. The maximum atomic E-state index is 6.22. The molecule has 0 N–H and O–H groups in total. The summed E-state index contributed by atoms with van der Waals surface area (Å²) in [6.45, 7) is 9.42. The molecule has 0 bridgehead atoms. The van der Waals surface area contributed by atoms with Gasteiger partial charge in [-0.05, 0) is 128 Å². The van der Waals surface area contributed by atoms with Gasteiger partial charge in [-0.2, -0.15) is 0 Å². The van der Waals surface area contributed by atoms with Crippen molar-refractivity contribution in [2.75, 3.05) is 4.90 Å². The molecule has 3 aliphatic carbocycles. The monoisotopic (exact) mass is 721 g/mol. The highest BCUT2D eigenvalue weighted by atomic mass is 16.3. The Morgan fingerprint density at radius 1 is 0.446 bits per heavy atom. The van der Waals surface area contributed by atoms with Gasteiger partial charge in [-0.15, -0.1) is 0 Å². The molecule has 0 amide bonds. The smallest absolute Gasteiger partial charge is 0.134 e. The predicted molar refractivity (Wildman–Crippen MR) is 234 cm³/mol. The molecule has 1 aromatic heterocycles. The molecule has 56 heavy (non-hydrogen) atoms. The maximum Gasteiger partial charge on any atom is 0.134 e. The van der Waals surface area contributed by atoms with Gasteiger partial charge in [0, 0.05) is 45.3 Å². The number of furan rings is 1. The van der Waals surface area contributed by atoms with Gasteiger partial charge >= 0.3 is 0 Å². The third kappa shape index (κ3) is 4.88. The predicted octanol–water partition coefficient (Wildman–Crippen LogP) is 14.7. The third-order valence-electron chi connectivity index (χ3n) is 13.0. The van der Waals surface area contributed by atoms with E-state index in [9.17, 15) is 0 Å². The van der Waals surface area contributed by atoms with Crippen LogP contribution in [0.5, 0.6) is 0 Å². The second-order valence-corrected chi connectivity index (χ2v) is 16.9. The zero-order valence-electron chi connectivity index (χ0n) is 32.4. The second kappa shape index (κ2) is 12.1. The normalized spacial score (nSPS) is 15.4. The van der Waals surface area contributed by atoms with Crippen LogP contribution >= 0.6 is 0 Å². The van der Waals surface area contributed by atoms with Gasteiger partial charge in [-0.25, -0.2) is 0 Å². The minimum absolute atomic E-state index is 0.0336. The average Bonchev–Trinajstić information content (AvgIpc) is 3.80. The molecule has 0 atom stereocenters. The van der Waals surface area contributed by atoms with E-state index < -0.39 is 0 Å². The van der Waals surface area contributed by atoms with E-state index in [2.05, 4.69) is 190 Å². The summed E-state index contributed by atoms with van der Waals surface area (Å²) in [6.07, 6.45) is 4.22. The molecule has 0 saturated carbocycles. The molecule has 0 unspecified atom stereocenters. The lowest BCUT2D eigenvalue weighted by Gasteiger charge is -2.28. The molecule has 270 valence electrons. The van der Waals surface area contributed by atoms with Crippen LogP contribution in [0.3, 0.4) is 0 Å². The number of para-hydroxylation sites is 1. The number of nitrogens with zero attached hydrogens (tertiary/aromatic N) is 1. The summed E-state index contributed by atoms with van der Waals surface area (Å²) in [6, 6.07) is 58.6. The van der Waals surface area contributed by atoms with Crippen molar-refractivity contribution in [3.8, 4) is 33.4 Å². The molecule has 11 rings (SSSR count). The van der Waals surface area contributed by atoms with Crippen LogP contribution in [0.25, 0.3) is 56.0 Å². The lowest BCUT2D eigenvalue weighted by molar-refractivity contribution is 0.548. The molecular formula is C54H43NO. The van der Waals surface area contributed by atoms with Crippen molar-refractivity contribution >= 4 is 39.7 Å². The van der Waals surface area contributed by atoms with Crippen LogP contribution in [-0.2, 0) is 17.3 Å². The number of anilines is 3. The standard InChI is InChI=1S/C54H43NO/c1-53(2)47-14-8-5-11-41(47)43-28-21-37(32-49(43)53)35-19-25-39(26-20-35)55(40-27-29-44-42-12-6-9-15-48(42)54(3,4)50(44)33-40)38-23-17-34(18-24-38)36-22-30-52-46(31-36)45-13-7-10-16-51(45)56-52/h5-21,23-29,31-33H,22,30H2,1-4H3. The number of aryl methyl sites for hydroxylation is 1. The van der Waals surface area contributed by atoms with E-state index >= 15 is 0 Å². The Bertz CT molecular complexity index is 2900. The summed E-state index contributed by atoms with van der Waals surface area (Å²) in [5.41, 5.74) is 21.5. The molecule has 2 heteroatoms. The molecule has 0 fully saturated rings. The van der Waals surface area contributed by atoms with Crippen LogP contribution in [-0.4, -0.2) is 0 Å². The van der Waals surface area contributed by atoms with E-state index in [0.29, 0.717) is 0 Å². The third-order valence-corrected chi connectivity index (χ3v) is 13.0. The Balaban J connectivity index is 0.985. The van der Waals surface area contributed by atoms with E-state index in [1.165, 1.54) is 77.7 Å². The van der Waals surface area contributed by atoms with Crippen molar-refractivity contribution in [3.05, 3.63) is 197 Å². The van der Waals surface area contributed by atoms with E-state index in [0.717, 1.165) is 41.2 Å². The first-order chi connectivity index (χ1) is 27.3. The average molecular weight is 722 g/mol. The minimum atomic E-state index is -0.0914. The Hall–Kier alpha value is -6.38. The van der Waals surface area contributed by atoms with E-state index in [4.69, 9.17) is 4.42 Å². The lowest BCUT2D eigenvalue weighted by Crippen LogP contribution is -2.16. The zero-order valence-corrected chi connectivity index (χ0v) is 32.4. The summed E-state index contributed by atoms with van der Waals surface area (Å²) < 4.78 is 6.22. The molecule has 1 heterocycles. The first kappa shape index (κ1) is 33.0. The highest BCUT2D eigenvalue weighted by Gasteiger charge is 2.37. The van der Waals surface area contributed by atoms with Crippen molar-refractivity contribution in [2.24, 2.45) is 0 Å². The number of rotatable bonds is 5. The highest BCUT2D eigenvalue weighted by molar-refractivity contribution is 5.96. The maximum absolute atomic E-state index is 6.22. The molecule has 7 aromatic carbocycles. The zero-order chi connectivity index (χ0) is 37.8. The lowest BCUT2D eigenvalue weighted by atomic mass is 9.81. The van der Waals surface area contributed by atoms with Gasteiger partial charge in [0.05, 0.1) is 0 Å². The fraction of sp³-hybridized carbons (Fsp3) is 0.148. The van der Waals surface area contributed by atoms with Crippen molar-refractivity contribution < 1.29 is 4.42 Å². The molecule has 0 aliphatic heterocycles. The highest BCUT2D eigenvalue weighted by Crippen LogP contribution is 2.52.